The molecule has 0 saturated heterocycles. The Balaban J connectivity index is 5.25. The Hall–Kier alpha value is -2.46. The largest absolute Gasteiger partial charge is 0.472 e. The van der Waals surface area contributed by atoms with E-state index >= 15 is 0 Å². The number of esters is 4. The van der Waals surface area contributed by atoms with Crippen molar-refractivity contribution in [3.8, 4) is 0 Å². The van der Waals surface area contributed by atoms with Crippen LogP contribution in [0, 0.1) is 17.8 Å². The second-order valence-electron chi connectivity index (χ2n) is 29.2. The van der Waals surface area contributed by atoms with Crippen LogP contribution in [0.1, 0.15) is 382 Å². The van der Waals surface area contributed by atoms with Crippen molar-refractivity contribution < 1.29 is 80.2 Å². The van der Waals surface area contributed by atoms with Gasteiger partial charge >= 0.3 is 39.5 Å². The van der Waals surface area contributed by atoms with Crippen molar-refractivity contribution in [2.75, 3.05) is 39.6 Å². The normalized spacial score (nSPS) is 14.2. The predicted molar refractivity (Wildman–Crippen MR) is 400 cm³/mol. The van der Waals surface area contributed by atoms with Crippen LogP contribution in [0.15, 0.2) is 24.3 Å². The SMILES string of the molecule is CCCCCC/C=C\C=C/CCCCCCCC(=O)O[C@H](COC(=O)CCCCCCCCCCCCCCCCCCC(C)C)COP(=O)(O)OC[C@@H](O)COP(=O)(O)OC[C@@H](COC(=O)CCCCCCCCC(C)C)OC(=O)CCCCCCCCCCCCCCC(C)C. The lowest BCUT2D eigenvalue weighted by molar-refractivity contribution is -0.161. The quantitative estimate of drug-likeness (QED) is 0.0169. The first-order valence-corrected chi connectivity index (χ1v) is 43.2. The maximum absolute atomic E-state index is 13.1. The van der Waals surface area contributed by atoms with Crippen LogP contribution >= 0.6 is 15.6 Å². The van der Waals surface area contributed by atoms with Crippen LogP contribution < -0.4 is 0 Å². The van der Waals surface area contributed by atoms with Crippen molar-refractivity contribution in [1.82, 2.24) is 0 Å². The minimum Gasteiger partial charge on any atom is -0.462 e. The number of carbonyl (C=O) groups is 4. The highest BCUT2D eigenvalue weighted by Crippen LogP contribution is 2.45. The van der Waals surface area contributed by atoms with Crippen molar-refractivity contribution in [2.45, 2.75) is 401 Å². The Morgan fingerprint density at radius 3 is 0.827 bits per heavy atom. The van der Waals surface area contributed by atoms with Crippen LogP contribution in [-0.4, -0.2) is 96.7 Å². The maximum atomic E-state index is 13.1. The van der Waals surface area contributed by atoms with Gasteiger partial charge in [0.05, 0.1) is 26.4 Å². The molecule has 3 N–H and O–H groups in total. The average molecular weight is 1430 g/mol. The van der Waals surface area contributed by atoms with Crippen molar-refractivity contribution >= 4 is 39.5 Å². The van der Waals surface area contributed by atoms with Gasteiger partial charge in [-0.25, -0.2) is 9.13 Å². The molecular formula is C79H150O17P2. The first kappa shape index (κ1) is 95.5. The molecule has 5 atom stereocenters. The molecule has 0 saturated carbocycles. The molecule has 0 rings (SSSR count). The van der Waals surface area contributed by atoms with Crippen molar-refractivity contribution in [2.24, 2.45) is 17.8 Å². The van der Waals surface area contributed by atoms with Gasteiger partial charge in [-0.2, -0.15) is 0 Å². The van der Waals surface area contributed by atoms with Gasteiger partial charge < -0.3 is 33.8 Å². The highest BCUT2D eigenvalue weighted by molar-refractivity contribution is 7.47. The van der Waals surface area contributed by atoms with Crippen molar-refractivity contribution in [3.05, 3.63) is 24.3 Å². The molecule has 0 bridgehead atoms. The molecule has 0 amide bonds. The molecule has 0 aliphatic heterocycles. The summed E-state index contributed by atoms with van der Waals surface area (Å²) in [5.41, 5.74) is 0. The van der Waals surface area contributed by atoms with E-state index in [2.05, 4.69) is 72.8 Å². The molecular weight excluding hydrogens is 1280 g/mol. The van der Waals surface area contributed by atoms with E-state index in [9.17, 15) is 43.2 Å². The fraction of sp³-hybridized carbons (Fsp3) is 0.899. The summed E-state index contributed by atoms with van der Waals surface area (Å²) in [6.45, 7) is 11.8. The smallest absolute Gasteiger partial charge is 0.462 e. The monoisotopic (exact) mass is 1430 g/mol. The molecule has 2 unspecified atom stereocenters. The van der Waals surface area contributed by atoms with Crippen LogP contribution in [0.5, 0.6) is 0 Å². The Morgan fingerprint density at radius 2 is 0.551 bits per heavy atom. The molecule has 0 aromatic rings. The van der Waals surface area contributed by atoms with Gasteiger partial charge in [0.15, 0.2) is 12.2 Å². The summed E-state index contributed by atoms with van der Waals surface area (Å²) in [4.78, 5) is 72.9. The molecule has 0 aromatic carbocycles. The lowest BCUT2D eigenvalue weighted by Gasteiger charge is -2.21. The van der Waals surface area contributed by atoms with E-state index in [0.717, 1.165) is 121 Å². The van der Waals surface area contributed by atoms with E-state index < -0.39 is 97.5 Å². The van der Waals surface area contributed by atoms with Gasteiger partial charge in [-0.1, -0.05) is 330 Å². The third kappa shape index (κ3) is 71.9. The molecule has 0 aliphatic rings. The molecule has 0 heterocycles. The Bertz CT molecular complexity index is 2000. The minimum absolute atomic E-state index is 0.0850. The van der Waals surface area contributed by atoms with E-state index in [1.807, 2.05) is 0 Å². The van der Waals surface area contributed by atoms with Gasteiger partial charge in [-0.3, -0.25) is 37.3 Å². The number of unbranched alkanes of at least 4 members (excludes halogenated alkanes) is 40. The van der Waals surface area contributed by atoms with Gasteiger partial charge in [0.1, 0.15) is 19.3 Å². The number of phosphoric acid groups is 2. The van der Waals surface area contributed by atoms with Crippen molar-refractivity contribution in [3.63, 3.8) is 0 Å². The van der Waals surface area contributed by atoms with Crippen molar-refractivity contribution in [1.29, 1.82) is 0 Å². The predicted octanol–water partition coefficient (Wildman–Crippen LogP) is 22.9. The van der Waals surface area contributed by atoms with E-state index in [0.29, 0.717) is 31.6 Å². The zero-order valence-corrected chi connectivity index (χ0v) is 65.5. The standard InChI is InChI=1S/C79H150O17P2/c1-8-9-10-11-12-13-14-15-18-23-29-34-39-48-55-62-78(83)95-74(66-89-76(81)60-53-46-38-33-28-22-20-17-16-19-21-26-31-36-43-50-57-70(2)3)68-93-97(85,86)91-64-73(80)65-92-98(87,88)94-69-75(67-90-77(82)61-54-47-42-41-45-52-59-72(6)7)96-79(84)63-56-49-40-35-30-25-24-27-32-37-44-51-58-71(4)5/h13-15,18,70-75,80H,8-12,16-17,19-69H2,1-7H3,(H,85,86)(H,87,88)/b14-13-,18-15-/t73-,74-,75-/m1/s1. The minimum atomic E-state index is -4.97. The zero-order valence-electron chi connectivity index (χ0n) is 63.7. The third-order valence-corrected chi connectivity index (χ3v) is 19.7. The molecule has 0 fully saturated rings. The summed E-state index contributed by atoms with van der Waals surface area (Å²) >= 11 is 0. The third-order valence-electron chi connectivity index (χ3n) is 17.8. The van der Waals surface area contributed by atoms with Gasteiger partial charge in [0, 0.05) is 25.7 Å². The molecule has 0 radical (unpaired) electrons. The number of phosphoric ester groups is 2. The Kier molecular flexibility index (Phi) is 67.2. The Labute approximate surface area is 599 Å². The zero-order chi connectivity index (χ0) is 72.3. The highest BCUT2D eigenvalue weighted by Gasteiger charge is 2.30. The Morgan fingerprint density at radius 1 is 0.316 bits per heavy atom. The number of aliphatic hydroxyl groups is 1. The van der Waals surface area contributed by atoms with E-state index in [4.69, 9.17) is 37.0 Å². The molecule has 17 nitrogen and oxygen atoms in total. The number of aliphatic hydroxyl groups excluding tert-OH is 1. The molecule has 98 heavy (non-hydrogen) atoms. The first-order chi connectivity index (χ1) is 47.2. The number of allylic oxidation sites excluding steroid dienone is 4. The van der Waals surface area contributed by atoms with Crippen LogP contribution in [-0.2, 0) is 65.4 Å². The number of carbonyl (C=O) groups excluding carboxylic acids is 4. The van der Waals surface area contributed by atoms with Gasteiger partial charge in [0.2, 0.25) is 0 Å². The van der Waals surface area contributed by atoms with E-state index in [-0.39, 0.29) is 25.7 Å². The van der Waals surface area contributed by atoms with Gasteiger partial charge in [0.25, 0.3) is 0 Å². The molecule has 19 heteroatoms. The van der Waals surface area contributed by atoms with Crippen LogP contribution in [0.3, 0.4) is 0 Å². The van der Waals surface area contributed by atoms with Crippen LogP contribution in [0.25, 0.3) is 0 Å². The molecule has 0 aromatic heterocycles. The topological polar surface area (TPSA) is 237 Å². The fourth-order valence-electron chi connectivity index (χ4n) is 11.6. The van der Waals surface area contributed by atoms with Crippen LogP contribution in [0.2, 0.25) is 0 Å². The molecule has 0 aliphatic carbocycles. The van der Waals surface area contributed by atoms with Crippen LogP contribution in [0.4, 0.5) is 0 Å². The summed E-state index contributed by atoms with van der Waals surface area (Å²) in [5.74, 6) is 0.117. The highest BCUT2D eigenvalue weighted by atomic mass is 31.2. The first-order valence-electron chi connectivity index (χ1n) is 40.2. The lowest BCUT2D eigenvalue weighted by atomic mass is 10.0. The molecule has 0 spiro atoms. The van der Waals surface area contributed by atoms with E-state index in [1.54, 1.807) is 0 Å². The molecule has 578 valence electrons. The summed E-state index contributed by atoms with van der Waals surface area (Å²) in [6, 6.07) is 0. The summed E-state index contributed by atoms with van der Waals surface area (Å²) in [7, 11) is -9.93. The summed E-state index contributed by atoms with van der Waals surface area (Å²) in [6.07, 6.45) is 59.3. The second-order valence-corrected chi connectivity index (χ2v) is 32.1. The number of hydrogen-bond donors (Lipinski definition) is 3. The average Bonchev–Trinajstić information content (AvgIpc) is 0.940. The summed E-state index contributed by atoms with van der Waals surface area (Å²) < 4.78 is 68.5. The summed E-state index contributed by atoms with van der Waals surface area (Å²) in [5, 5.41) is 10.6. The van der Waals surface area contributed by atoms with Gasteiger partial charge in [-0.15, -0.1) is 0 Å². The number of rotatable bonds is 75. The second kappa shape index (κ2) is 68.9. The fourth-order valence-corrected chi connectivity index (χ4v) is 13.2. The number of hydrogen-bond acceptors (Lipinski definition) is 15. The van der Waals surface area contributed by atoms with Gasteiger partial charge in [-0.05, 0) is 69.1 Å². The number of ether oxygens (including phenoxy) is 4. The lowest BCUT2D eigenvalue weighted by Crippen LogP contribution is -2.30. The maximum Gasteiger partial charge on any atom is 0.472 e. The van der Waals surface area contributed by atoms with E-state index in [1.165, 1.54) is 173 Å².